The molecule has 1 aromatic carbocycles. The van der Waals surface area contributed by atoms with Crippen LogP contribution in [-0.4, -0.2) is 5.78 Å². The Morgan fingerprint density at radius 3 is 1.75 bits per heavy atom. The van der Waals surface area contributed by atoms with Gasteiger partial charge in [-0.1, -0.05) is 107 Å². The second-order valence-corrected chi connectivity index (χ2v) is 24.1. The molecule has 0 saturated carbocycles. The molecular weight excluding hydrogens is 809 g/mol. The van der Waals surface area contributed by atoms with Gasteiger partial charge in [-0.15, -0.1) is 68.0 Å². The molecule has 0 aliphatic carbocycles. The van der Waals surface area contributed by atoms with Crippen molar-refractivity contribution in [2.24, 2.45) is 17.8 Å². The van der Waals surface area contributed by atoms with Crippen LogP contribution in [0, 0.1) is 24.7 Å². The van der Waals surface area contributed by atoms with Crippen LogP contribution in [-0.2, 0) is 18.3 Å². The van der Waals surface area contributed by atoms with E-state index in [-0.39, 0.29) is 11.3 Å². The van der Waals surface area contributed by atoms with E-state index in [9.17, 15) is 4.79 Å². The molecule has 0 bridgehead atoms. The number of carbonyl (C=O) groups is 1. The fourth-order valence-electron chi connectivity index (χ4n) is 8.58. The monoisotopic (exact) mass is 870 g/mol. The lowest BCUT2D eigenvalue weighted by molar-refractivity contribution is 0.0917. The van der Waals surface area contributed by atoms with Gasteiger partial charge in [-0.3, -0.25) is 4.79 Å². The summed E-state index contributed by atoms with van der Waals surface area (Å²) in [6, 6.07) is 17.1. The van der Waals surface area contributed by atoms with E-state index in [1.165, 1.54) is 138 Å². The van der Waals surface area contributed by atoms with Gasteiger partial charge in [-0.05, 0) is 92.3 Å². The molecule has 6 heterocycles. The van der Waals surface area contributed by atoms with Crippen LogP contribution in [0.15, 0.2) is 42.5 Å². The lowest BCUT2D eigenvalue weighted by atomic mass is 9.93. The third kappa shape index (κ3) is 8.73. The van der Waals surface area contributed by atoms with Crippen molar-refractivity contribution >= 4 is 104 Å². The number of benzene rings is 1. The summed E-state index contributed by atoms with van der Waals surface area (Å²) < 4.78 is 4.13. The minimum Gasteiger partial charge on any atom is -0.293 e. The zero-order valence-corrected chi connectivity index (χ0v) is 40.8. The molecule has 7 heteroatoms. The molecule has 0 N–H and O–H groups in total. The molecule has 2 unspecified atom stereocenters. The average molecular weight is 871 g/mol. The first-order valence-corrected chi connectivity index (χ1v) is 26.6. The first kappa shape index (κ1) is 43.0. The maximum atomic E-state index is 13.7. The van der Waals surface area contributed by atoms with Crippen LogP contribution >= 0.6 is 68.0 Å². The third-order valence-corrected chi connectivity index (χ3v) is 19.8. The standard InChI is InChI=1S/C50H62OS6/c1-11-17-19-31(14-4)25-34-21-23-39(54-34)44-37-28-42(50(8,9)10)57-47(37)43(38-22-20-33(53-38)24-30(13-3)18-12-2)36-27-41(56-46(36)44)49-48-35(29(7)52-49)26-40(55-48)45(51)32(15-5)16-6/h20-23,26-28,30-32H,11-19,24-25H2,1-10H3. The molecule has 7 rings (SSSR count). The predicted octanol–water partition coefficient (Wildman–Crippen LogP) is 18.9. The zero-order valence-electron chi connectivity index (χ0n) is 35.9. The lowest BCUT2D eigenvalue weighted by Gasteiger charge is -2.15. The van der Waals surface area contributed by atoms with Gasteiger partial charge in [0.2, 0.25) is 0 Å². The van der Waals surface area contributed by atoms with E-state index < -0.39 is 0 Å². The second-order valence-electron chi connectivity index (χ2n) is 17.3. The number of ketones is 1. The Labute approximate surface area is 366 Å². The normalized spacial score (nSPS) is 13.6. The van der Waals surface area contributed by atoms with Crippen LogP contribution < -0.4 is 0 Å². The Morgan fingerprint density at radius 2 is 1.19 bits per heavy atom. The van der Waals surface area contributed by atoms with E-state index in [2.05, 4.69) is 112 Å². The van der Waals surface area contributed by atoms with Gasteiger partial charge < -0.3 is 0 Å². The molecule has 0 spiro atoms. The first-order valence-electron chi connectivity index (χ1n) is 21.7. The molecular formula is C50H62OS6. The van der Waals surface area contributed by atoms with Crippen molar-refractivity contribution in [3.63, 3.8) is 0 Å². The van der Waals surface area contributed by atoms with E-state index in [4.69, 9.17) is 0 Å². The van der Waals surface area contributed by atoms with E-state index in [0.717, 1.165) is 29.6 Å². The zero-order chi connectivity index (χ0) is 40.6. The van der Waals surface area contributed by atoms with Crippen molar-refractivity contribution in [3.05, 3.63) is 66.9 Å². The summed E-state index contributed by atoms with van der Waals surface area (Å²) in [5.74, 6) is 1.90. The van der Waals surface area contributed by atoms with E-state index in [1.807, 2.05) is 56.7 Å². The van der Waals surface area contributed by atoms with Gasteiger partial charge in [-0.2, -0.15) is 0 Å². The van der Waals surface area contributed by atoms with E-state index in [0.29, 0.717) is 5.78 Å². The summed E-state index contributed by atoms with van der Waals surface area (Å²) in [5.41, 5.74) is 2.91. The topological polar surface area (TPSA) is 17.1 Å². The number of unbranched alkanes of at least 4 members (excludes halogenated alkanes) is 1. The van der Waals surface area contributed by atoms with Gasteiger partial charge in [0.05, 0.1) is 14.5 Å². The highest BCUT2D eigenvalue weighted by atomic mass is 32.1. The van der Waals surface area contributed by atoms with Crippen LogP contribution in [0.5, 0.6) is 0 Å². The molecule has 0 aliphatic rings. The van der Waals surface area contributed by atoms with Gasteiger partial charge in [-0.25, -0.2) is 0 Å². The molecule has 0 aliphatic heterocycles. The average Bonchev–Trinajstić information content (AvgIpc) is 4.05. The minimum atomic E-state index is 0.0587. The number of Topliss-reactive ketones (excluding diaryl/α,β-unsaturated/α-hetero) is 1. The van der Waals surface area contributed by atoms with E-state index in [1.54, 1.807) is 11.3 Å². The molecule has 0 fully saturated rings. The summed E-state index contributed by atoms with van der Waals surface area (Å²) in [7, 11) is 0. The first-order chi connectivity index (χ1) is 27.4. The molecule has 0 saturated heterocycles. The van der Waals surface area contributed by atoms with Crippen molar-refractivity contribution in [3.8, 4) is 30.6 Å². The van der Waals surface area contributed by atoms with Gasteiger partial charge in [0.15, 0.2) is 5.78 Å². The van der Waals surface area contributed by atoms with Crippen LogP contribution in [0.25, 0.3) is 60.9 Å². The number of fused-ring (bicyclic) bond motifs is 3. The molecule has 57 heavy (non-hydrogen) atoms. The maximum absolute atomic E-state index is 13.7. The van der Waals surface area contributed by atoms with Crippen LogP contribution in [0.2, 0.25) is 0 Å². The number of rotatable bonds is 18. The Bertz CT molecular complexity index is 2460. The summed E-state index contributed by atoms with van der Waals surface area (Å²) >= 11 is 11.7. The smallest absolute Gasteiger partial charge is 0.175 e. The largest absolute Gasteiger partial charge is 0.293 e. The summed E-state index contributed by atoms with van der Waals surface area (Å²) in [6.45, 7) is 23.0. The molecule has 2 atom stereocenters. The van der Waals surface area contributed by atoms with Gasteiger partial charge in [0.25, 0.3) is 0 Å². The molecule has 6 aromatic heterocycles. The quantitative estimate of drug-likeness (QED) is 0.0785. The van der Waals surface area contributed by atoms with Crippen LogP contribution in [0.3, 0.4) is 0 Å². The SMILES string of the molecule is CCCCC(CC)Cc1ccc(-c2c3cc(C(C)(C)C)sc3c(-c3ccc(CC(CC)CCC)s3)c3cc(-c4sc(C)c5cc(C(=O)C(CC)CC)sc45)sc23)s1. The predicted molar refractivity (Wildman–Crippen MR) is 264 cm³/mol. The van der Waals surface area contributed by atoms with Crippen molar-refractivity contribution in [2.45, 2.75) is 145 Å². The number of hydrogen-bond acceptors (Lipinski definition) is 7. The molecule has 0 amide bonds. The van der Waals surface area contributed by atoms with E-state index >= 15 is 0 Å². The lowest BCUT2D eigenvalue weighted by Crippen LogP contribution is -2.11. The van der Waals surface area contributed by atoms with Gasteiger partial charge in [0.1, 0.15) is 0 Å². The minimum absolute atomic E-state index is 0.0587. The maximum Gasteiger partial charge on any atom is 0.175 e. The summed E-state index contributed by atoms with van der Waals surface area (Å²) in [4.78, 5) is 25.9. The molecule has 304 valence electrons. The highest BCUT2D eigenvalue weighted by Gasteiger charge is 2.28. The fourth-order valence-corrected chi connectivity index (χ4v) is 16.3. The Hall–Kier alpha value is -2.13. The van der Waals surface area contributed by atoms with Crippen LogP contribution in [0.1, 0.15) is 149 Å². The Balaban J connectivity index is 1.47. The second kappa shape index (κ2) is 18.2. The number of aryl methyl sites for hydroxylation is 1. The molecule has 1 nitrogen and oxygen atoms in total. The van der Waals surface area contributed by atoms with Crippen LogP contribution in [0.4, 0.5) is 0 Å². The Kier molecular flexibility index (Phi) is 13.7. The Morgan fingerprint density at radius 1 is 0.596 bits per heavy atom. The van der Waals surface area contributed by atoms with Crippen molar-refractivity contribution in [1.29, 1.82) is 0 Å². The summed E-state index contributed by atoms with van der Waals surface area (Å²) in [5, 5.41) is 4.07. The number of hydrogen-bond donors (Lipinski definition) is 0. The number of thiophene rings is 6. The van der Waals surface area contributed by atoms with Crippen molar-refractivity contribution in [1.82, 2.24) is 0 Å². The van der Waals surface area contributed by atoms with Gasteiger partial charge >= 0.3 is 0 Å². The van der Waals surface area contributed by atoms with Gasteiger partial charge in [0, 0.05) is 76.7 Å². The molecule has 7 aromatic rings. The third-order valence-electron chi connectivity index (χ3n) is 12.2. The highest BCUT2D eigenvalue weighted by Crippen LogP contribution is 2.56. The fraction of sp³-hybridized carbons (Fsp3) is 0.500. The summed E-state index contributed by atoms with van der Waals surface area (Å²) in [6.07, 6.45) is 13.1. The molecule has 0 radical (unpaired) electrons. The van der Waals surface area contributed by atoms with Crippen molar-refractivity contribution in [2.75, 3.05) is 0 Å². The number of carbonyl (C=O) groups excluding carboxylic acids is 1. The van der Waals surface area contributed by atoms with Crippen molar-refractivity contribution < 1.29 is 4.79 Å². The highest BCUT2D eigenvalue weighted by molar-refractivity contribution is 7.32.